The van der Waals surface area contributed by atoms with Gasteiger partial charge in [0.05, 0.1) is 18.3 Å². The molecule has 41 heavy (non-hydrogen) atoms. The normalized spacial score (nSPS) is 18.7. The summed E-state index contributed by atoms with van der Waals surface area (Å²) in [4.78, 5) is 12.1. The smallest absolute Gasteiger partial charge is 0.311 e. The van der Waals surface area contributed by atoms with Crippen molar-refractivity contribution in [2.75, 3.05) is 6.61 Å². The zero-order chi connectivity index (χ0) is 28.4. The van der Waals surface area contributed by atoms with Gasteiger partial charge in [-0.15, -0.1) is 0 Å². The summed E-state index contributed by atoms with van der Waals surface area (Å²) in [6, 6.07) is 29.3. The maximum atomic E-state index is 13.4. The first-order valence-electron chi connectivity index (χ1n) is 13.5. The number of phenols is 1. The van der Waals surface area contributed by atoms with Gasteiger partial charge in [0.2, 0.25) is 0 Å². The topological polar surface area (TPSA) is 74.2 Å². The van der Waals surface area contributed by atoms with E-state index in [1.54, 1.807) is 42.5 Å². The van der Waals surface area contributed by atoms with Gasteiger partial charge in [0.25, 0.3) is 0 Å². The van der Waals surface area contributed by atoms with Gasteiger partial charge in [-0.3, -0.25) is 4.79 Å². The lowest BCUT2D eigenvalue weighted by molar-refractivity contribution is -0.244. The summed E-state index contributed by atoms with van der Waals surface area (Å²) < 4.78 is 37.4. The number of ether oxygens (including phenoxy) is 4. The summed E-state index contributed by atoms with van der Waals surface area (Å²) in [5.74, 6) is 0.971. The Hall–Kier alpha value is -4.46. The number of halogens is 1. The number of para-hydroxylation sites is 3. The Kier molecular flexibility index (Phi) is 9.41. The number of carbonyl (C=O) groups excluding carboxylic acids is 1. The van der Waals surface area contributed by atoms with Crippen LogP contribution in [0.3, 0.4) is 0 Å². The van der Waals surface area contributed by atoms with Crippen molar-refractivity contribution in [1.82, 2.24) is 0 Å². The number of allylic oxidation sites excluding steroid dienone is 2. The number of hydrogen-bond acceptors (Lipinski definition) is 6. The summed E-state index contributed by atoms with van der Waals surface area (Å²) in [6.07, 6.45) is 4.17. The molecule has 1 N–H and O–H groups in total. The van der Waals surface area contributed by atoms with Crippen LogP contribution < -0.4 is 9.47 Å². The predicted molar refractivity (Wildman–Crippen MR) is 152 cm³/mol. The van der Waals surface area contributed by atoms with Gasteiger partial charge in [0, 0.05) is 17.9 Å². The Labute approximate surface area is 238 Å². The summed E-state index contributed by atoms with van der Waals surface area (Å²) in [5, 5.41) is 10.7. The molecule has 1 heterocycles. The average Bonchev–Trinajstić information content (AvgIpc) is 2.99. The van der Waals surface area contributed by atoms with Crippen molar-refractivity contribution in [2.45, 2.75) is 31.7 Å². The Bertz CT molecular complexity index is 1450. The van der Waals surface area contributed by atoms with Crippen molar-refractivity contribution in [1.29, 1.82) is 0 Å². The van der Waals surface area contributed by atoms with Crippen molar-refractivity contribution >= 4 is 5.97 Å². The third kappa shape index (κ3) is 7.60. The molecule has 1 saturated heterocycles. The van der Waals surface area contributed by atoms with E-state index in [0.717, 1.165) is 0 Å². The summed E-state index contributed by atoms with van der Waals surface area (Å²) >= 11 is 0. The fourth-order valence-electron chi connectivity index (χ4n) is 4.65. The molecule has 0 amide bonds. The number of esters is 1. The second-order valence-corrected chi connectivity index (χ2v) is 9.67. The monoisotopic (exact) mass is 554 g/mol. The number of phenolic OH excluding ortho intramolecular Hbond substituents is 1. The van der Waals surface area contributed by atoms with Gasteiger partial charge in [-0.1, -0.05) is 66.7 Å². The minimum atomic E-state index is -0.746. The van der Waals surface area contributed by atoms with Crippen LogP contribution in [0, 0.1) is 11.7 Å². The molecule has 0 unspecified atom stereocenters. The van der Waals surface area contributed by atoms with Gasteiger partial charge in [-0.2, -0.15) is 0 Å². The molecule has 4 aromatic carbocycles. The van der Waals surface area contributed by atoms with Crippen LogP contribution in [0.5, 0.6) is 23.0 Å². The molecular formula is C34H31FO6. The maximum Gasteiger partial charge on any atom is 0.311 e. The second kappa shape index (κ2) is 13.7. The SMILES string of the molecule is O=C(CC/C=C\C[C@@H]1CO[C@H](c2ccccc2Oc2ccc(F)cc2)O[C@@H]1c1ccccc1O)Oc1ccccc1. The fraction of sp³-hybridized carbons (Fsp3) is 0.206. The van der Waals surface area contributed by atoms with E-state index in [2.05, 4.69) is 0 Å². The molecule has 0 bridgehead atoms. The van der Waals surface area contributed by atoms with Gasteiger partial charge >= 0.3 is 5.97 Å². The van der Waals surface area contributed by atoms with Crippen LogP contribution in [0.25, 0.3) is 0 Å². The molecule has 4 aromatic rings. The van der Waals surface area contributed by atoms with Crippen LogP contribution in [-0.2, 0) is 14.3 Å². The Balaban J connectivity index is 1.25. The standard InChI is InChI=1S/C34H31FO6/c35-25-19-21-27(22-20-25)39-31-17-10-8-15-29(31)34-38-23-24(33(41-34)28-14-7-9-16-30(28)36)11-3-1-6-18-32(37)40-26-12-4-2-5-13-26/h1-5,7-10,12-17,19-22,24,33-34,36H,6,11,18,23H2/b3-1-/t24-,33+,34+/m1/s1. The van der Waals surface area contributed by atoms with Crippen LogP contribution in [-0.4, -0.2) is 17.7 Å². The van der Waals surface area contributed by atoms with Gasteiger partial charge in [-0.05, 0) is 61.4 Å². The van der Waals surface area contributed by atoms with E-state index in [1.807, 2.05) is 60.7 Å². The van der Waals surface area contributed by atoms with Gasteiger partial charge < -0.3 is 24.1 Å². The van der Waals surface area contributed by atoms with Crippen molar-refractivity contribution in [3.63, 3.8) is 0 Å². The average molecular weight is 555 g/mol. The summed E-state index contributed by atoms with van der Waals surface area (Å²) in [6.45, 7) is 0.370. The van der Waals surface area contributed by atoms with E-state index in [9.17, 15) is 14.3 Å². The van der Waals surface area contributed by atoms with E-state index in [-0.39, 0.29) is 29.9 Å². The first-order valence-corrected chi connectivity index (χ1v) is 13.5. The minimum absolute atomic E-state index is 0.0859. The molecule has 7 heteroatoms. The number of benzene rings is 4. The van der Waals surface area contributed by atoms with Crippen LogP contribution in [0.4, 0.5) is 4.39 Å². The first-order chi connectivity index (χ1) is 20.1. The molecule has 0 aliphatic carbocycles. The van der Waals surface area contributed by atoms with Gasteiger partial charge in [-0.25, -0.2) is 4.39 Å². The molecule has 6 nitrogen and oxygen atoms in total. The molecule has 0 aromatic heterocycles. The number of hydrogen-bond donors (Lipinski definition) is 1. The largest absolute Gasteiger partial charge is 0.508 e. The van der Waals surface area contributed by atoms with E-state index in [0.29, 0.717) is 47.8 Å². The van der Waals surface area contributed by atoms with Crippen molar-refractivity contribution < 1.29 is 33.2 Å². The fourth-order valence-corrected chi connectivity index (χ4v) is 4.65. The van der Waals surface area contributed by atoms with Crippen molar-refractivity contribution in [3.8, 4) is 23.0 Å². The second-order valence-electron chi connectivity index (χ2n) is 9.67. The van der Waals surface area contributed by atoms with E-state index >= 15 is 0 Å². The van der Waals surface area contributed by atoms with Gasteiger partial charge in [0.15, 0.2) is 6.29 Å². The quantitative estimate of drug-likeness (QED) is 0.121. The lowest BCUT2D eigenvalue weighted by Crippen LogP contribution is -2.30. The van der Waals surface area contributed by atoms with Crippen LogP contribution in [0.15, 0.2) is 115 Å². The molecule has 1 aliphatic heterocycles. The molecule has 0 radical (unpaired) electrons. The Morgan fingerprint density at radius 3 is 2.34 bits per heavy atom. The Morgan fingerprint density at radius 1 is 0.854 bits per heavy atom. The van der Waals surface area contributed by atoms with E-state index in [1.165, 1.54) is 12.1 Å². The van der Waals surface area contributed by atoms with E-state index < -0.39 is 12.4 Å². The predicted octanol–water partition coefficient (Wildman–Crippen LogP) is 8.06. The molecule has 0 spiro atoms. The van der Waals surface area contributed by atoms with E-state index in [4.69, 9.17) is 18.9 Å². The minimum Gasteiger partial charge on any atom is -0.508 e. The molecule has 1 aliphatic rings. The number of carbonyl (C=O) groups is 1. The number of aromatic hydroxyl groups is 1. The van der Waals surface area contributed by atoms with Crippen LogP contribution in [0.1, 0.15) is 42.8 Å². The summed E-state index contributed by atoms with van der Waals surface area (Å²) in [7, 11) is 0. The van der Waals surface area contributed by atoms with Crippen LogP contribution >= 0.6 is 0 Å². The highest BCUT2D eigenvalue weighted by Crippen LogP contribution is 2.44. The highest BCUT2D eigenvalue weighted by Gasteiger charge is 2.35. The molecule has 5 rings (SSSR count). The lowest BCUT2D eigenvalue weighted by atomic mass is 9.91. The summed E-state index contributed by atoms with van der Waals surface area (Å²) in [5.41, 5.74) is 1.35. The maximum absolute atomic E-state index is 13.4. The first kappa shape index (κ1) is 28.1. The Morgan fingerprint density at radius 2 is 1.56 bits per heavy atom. The van der Waals surface area contributed by atoms with Gasteiger partial charge in [0.1, 0.15) is 28.8 Å². The van der Waals surface area contributed by atoms with Crippen molar-refractivity contribution in [2.24, 2.45) is 5.92 Å². The highest BCUT2D eigenvalue weighted by atomic mass is 19.1. The lowest BCUT2D eigenvalue weighted by Gasteiger charge is -2.37. The zero-order valence-electron chi connectivity index (χ0n) is 22.4. The third-order valence-corrected chi connectivity index (χ3v) is 6.71. The zero-order valence-corrected chi connectivity index (χ0v) is 22.4. The molecular weight excluding hydrogens is 523 g/mol. The highest BCUT2D eigenvalue weighted by molar-refractivity contribution is 5.72. The number of rotatable bonds is 10. The molecule has 3 atom stereocenters. The molecule has 0 saturated carbocycles. The van der Waals surface area contributed by atoms with Crippen molar-refractivity contribution in [3.05, 3.63) is 132 Å². The molecule has 210 valence electrons. The molecule has 1 fully saturated rings. The van der Waals surface area contributed by atoms with Crippen LogP contribution in [0.2, 0.25) is 0 Å². The third-order valence-electron chi connectivity index (χ3n) is 6.71.